The molecule has 5 nitrogen and oxygen atoms in total. The van der Waals surface area contributed by atoms with E-state index < -0.39 is 35.3 Å². The van der Waals surface area contributed by atoms with E-state index in [0.717, 1.165) is 47.6 Å². The number of thiophene rings is 1. The third-order valence-electron chi connectivity index (χ3n) is 5.40. The highest BCUT2D eigenvalue weighted by Crippen LogP contribution is 2.44. The van der Waals surface area contributed by atoms with Crippen LogP contribution in [-0.4, -0.2) is 23.5 Å². The maximum Gasteiger partial charge on any atom is 0.418 e. The van der Waals surface area contributed by atoms with Gasteiger partial charge < -0.3 is 15.7 Å². The van der Waals surface area contributed by atoms with Crippen LogP contribution in [0, 0.1) is 0 Å². The van der Waals surface area contributed by atoms with Crippen molar-refractivity contribution in [3.05, 3.63) is 51.7 Å². The van der Waals surface area contributed by atoms with Gasteiger partial charge in [0.1, 0.15) is 0 Å². The SMILES string of the molecule is C[C@@H](O)c1ccc(C2(CNC(=O)C(=O)Nc3ccccc3C(F)(F)F)CCCC2)s1. The molecule has 0 bridgehead atoms. The van der Waals surface area contributed by atoms with Crippen LogP contribution in [0.3, 0.4) is 0 Å². The first-order chi connectivity index (χ1) is 14.1. The van der Waals surface area contributed by atoms with Gasteiger partial charge in [0, 0.05) is 21.7 Å². The Morgan fingerprint density at radius 1 is 1.13 bits per heavy atom. The fraction of sp³-hybridized carbons (Fsp3) is 0.429. The highest BCUT2D eigenvalue weighted by atomic mass is 32.1. The van der Waals surface area contributed by atoms with Gasteiger partial charge in [-0.25, -0.2) is 0 Å². The van der Waals surface area contributed by atoms with Crippen LogP contribution >= 0.6 is 11.3 Å². The smallest absolute Gasteiger partial charge is 0.388 e. The lowest BCUT2D eigenvalue weighted by Crippen LogP contribution is -2.43. The van der Waals surface area contributed by atoms with Gasteiger partial charge in [0.15, 0.2) is 0 Å². The summed E-state index contributed by atoms with van der Waals surface area (Å²) < 4.78 is 39.2. The number of amides is 2. The zero-order valence-corrected chi connectivity index (χ0v) is 17.2. The maximum atomic E-state index is 13.1. The van der Waals surface area contributed by atoms with Gasteiger partial charge in [-0.05, 0) is 44.0 Å². The van der Waals surface area contributed by atoms with E-state index in [0.29, 0.717) is 0 Å². The molecule has 0 spiro atoms. The molecule has 1 fully saturated rings. The standard InChI is InChI=1S/C21H23F3N2O3S/c1-13(27)16-8-9-17(30-16)20(10-4-5-11-20)12-25-18(28)19(29)26-15-7-3-2-6-14(15)21(22,23)24/h2-3,6-9,13,27H,4-5,10-12H2,1H3,(H,25,28)(H,26,29)/t13-/m1/s1. The van der Waals surface area contributed by atoms with E-state index in [1.807, 2.05) is 12.1 Å². The molecule has 3 rings (SSSR count). The molecular formula is C21H23F3N2O3S. The number of rotatable bonds is 5. The van der Waals surface area contributed by atoms with Gasteiger partial charge in [-0.15, -0.1) is 11.3 Å². The van der Waals surface area contributed by atoms with E-state index >= 15 is 0 Å². The molecule has 1 aromatic carbocycles. The van der Waals surface area contributed by atoms with Gasteiger partial charge in [0.05, 0.1) is 17.4 Å². The Kier molecular flexibility index (Phi) is 6.52. The zero-order valence-electron chi connectivity index (χ0n) is 16.4. The maximum absolute atomic E-state index is 13.1. The van der Waals surface area contributed by atoms with Gasteiger partial charge in [-0.3, -0.25) is 9.59 Å². The molecule has 0 saturated heterocycles. The minimum Gasteiger partial charge on any atom is -0.388 e. The molecule has 2 aromatic rings. The summed E-state index contributed by atoms with van der Waals surface area (Å²) in [6.07, 6.45) is -1.63. The lowest BCUT2D eigenvalue weighted by molar-refractivity contribution is -0.138. The number of halogens is 3. The number of carbonyl (C=O) groups is 2. The average Bonchev–Trinajstić information content (AvgIpc) is 3.36. The third kappa shape index (κ3) is 4.84. The Labute approximate surface area is 176 Å². The molecule has 30 heavy (non-hydrogen) atoms. The first-order valence-electron chi connectivity index (χ1n) is 9.66. The highest BCUT2D eigenvalue weighted by Gasteiger charge is 2.38. The minimum atomic E-state index is -4.64. The van der Waals surface area contributed by atoms with Crippen molar-refractivity contribution >= 4 is 28.8 Å². The highest BCUT2D eigenvalue weighted by molar-refractivity contribution is 7.12. The lowest BCUT2D eigenvalue weighted by atomic mass is 9.84. The average molecular weight is 440 g/mol. The Morgan fingerprint density at radius 3 is 2.40 bits per heavy atom. The number of benzene rings is 1. The number of para-hydroxylation sites is 1. The van der Waals surface area contributed by atoms with Crippen molar-refractivity contribution in [1.82, 2.24) is 5.32 Å². The monoisotopic (exact) mass is 440 g/mol. The molecule has 0 radical (unpaired) electrons. The molecule has 2 amide bonds. The van der Waals surface area contributed by atoms with Crippen molar-refractivity contribution in [2.45, 2.75) is 50.3 Å². The molecule has 0 aliphatic heterocycles. The molecule has 1 saturated carbocycles. The van der Waals surface area contributed by atoms with Crippen molar-refractivity contribution in [3.63, 3.8) is 0 Å². The van der Waals surface area contributed by atoms with E-state index in [1.165, 1.54) is 23.5 Å². The van der Waals surface area contributed by atoms with Crippen LogP contribution in [0.15, 0.2) is 36.4 Å². The molecule has 1 aliphatic carbocycles. The predicted molar refractivity (Wildman–Crippen MR) is 108 cm³/mol. The van der Waals surface area contributed by atoms with Gasteiger partial charge >= 0.3 is 18.0 Å². The van der Waals surface area contributed by atoms with Crippen molar-refractivity contribution in [2.24, 2.45) is 0 Å². The molecule has 162 valence electrons. The summed E-state index contributed by atoms with van der Waals surface area (Å²) in [5.74, 6) is -2.12. The molecule has 9 heteroatoms. The van der Waals surface area contributed by atoms with Crippen LogP contribution in [0.5, 0.6) is 0 Å². The summed E-state index contributed by atoms with van der Waals surface area (Å²) >= 11 is 1.48. The fourth-order valence-corrected chi connectivity index (χ4v) is 4.96. The summed E-state index contributed by atoms with van der Waals surface area (Å²) in [6.45, 7) is 1.89. The van der Waals surface area contributed by atoms with E-state index in [9.17, 15) is 27.9 Å². The summed E-state index contributed by atoms with van der Waals surface area (Å²) in [6, 6.07) is 8.31. The number of hydrogen-bond acceptors (Lipinski definition) is 4. The van der Waals surface area contributed by atoms with Crippen LogP contribution in [0.1, 0.15) is 54.0 Å². The number of aliphatic hydroxyl groups excluding tert-OH is 1. The predicted octanol–water partition coefficient (Wildman–Crippen LogP) is 4.39. The van der Waals surface area contributed by atoms with Gasteiger partial charge in [-0.1, -0.05) is 25.0 Å². The Balaban J connectivity index is 1.69. The molecule has 3 N–H and O–H groups in total. The van der Waals surface area contributed by atoms with Crippen LogP contribution in [0.2, 0.25) is 0 Å². The summed E-state index contributed by atoms with van der Waals surface area (Å²) in [4.78, 5) is 26.4. The van der Waals surface area contributed by atoms with E-state index in [2.05, 4.69) is 10.6 Å². The topological polar surface area (TPSA) is 78.4 Å². The van der Waals surface area contributed by atoms with Crippen LogP contribution in [-0.2, 0) is 21.2 Å². The van der Waals surface area contributed by atoms with Gasteiger partial charge in [-0.2, -0.15) is 13.2 Å². The van der Waals surface area contributed by atoms with E-state index in [4.69, 9.17) is 0 Å². The minimum absolute atomic E-state index is 0.208. The Hall–Kier alpha value is -2.39. The number of hydrogen-bond donors (Lipinski definition) is 3. The van der Waals surface area contributed by atoms with Crippen molar-refractivity contribution < 1.29 is 27.9 Å². The molecular weight excluding hydrogens is 417 g/mol. The number of anilines is 1. The number of carbonyl (C=O) groups excluding carboxylic acids is 2. The second-order valence-electron chi connectivity index (χ2n) is 7.55. The Bertz CT molecular complexity index is 918. The first-order valence-corrected chi connectivity index (χ1v) is 10.5. The number of nitrogens with one attached hydrogen (secondary N) is 2. The van der Waals surface area contributed by atoms with Gasteiger partial charge in [0.25, 0.3) is 0 Å². The lowest BCUT2D eigenvalue weighted by Gasteiger charge is -2.28. The van der Waals surface area contributed by atoms with Gasteiger partial charge in [0.2, 0.25) is 0 Å². The summed E-state index contributed by atoms with van der Waals surface area (Å²) in [7, 11) is 0. The largest absolute Gasteiger partial charge is 0.418 e. The third-order valence-corrected chi connectivity index (χ3v) is 6.90. The zero-order chi connectivity index (χ0) is 21.9. The first kappa shape index (κ1) is 22.3. The summed E-state index contributed by atoms with van der Waals surface area (Å²) in [5, 5.41) is 14.4. The van der Waals surface area contributed by atoms with Crippen molar-refractivity contribution in [2.75, 3.05) is 11.9 Å². The second kappa shape index (κ2) is 8.77. The van der Waals surface area contributed by atoms with Crippen LogP contribution in [0.25, 0.3) is 0 Å². The van der Waals surface area contributed by atoms with Crippen molar-refractivity contribution in [3.8, 4) is 0 Å². The quantitative estimate of drug-likeness (QED) is 0.604. The normalized spacial score (nSPS) is 16.8. The molecule has 1 atom stereocenters. The molecule has 1 aliphatic rings. The van der Waals surface area contributed by atoms with E-state index in [-0.39, 0.29) is 12.0 Å². The molecule has 0 unspecified atom stereocenters. The number of alkyl halides is 3. The number of aliphatic hydroxyl groups is 1. The Morgan fingerprint density at radius 2 is 1.80 bits per heavy atom. The van der Waals surface area contributed by atoms with E-state index in [1.54, 1.807) is 6.92 Å². The second-order valence-corrected chi connectivity index (χ2v) is 8.66. The summed E-state index contributed by atoms with van der Waals surface area (Å²) in [5.41, 5.74) is -1.80. The molecule has 1 aromatic heterocycles. The van der Waals surface area contributed by atoms with Crippen LogP contribution < -0.4 is 10.6 Å². The van der Waals surface area contributed by atoms with Crippen LogP contribution in [0.4, 0.5) is 18.9 Å². The van der Waals surface area contributed by atoms with Crippen molar-refractivity contribution in [1.29, 1.82) is 0 Å². The fourth-order valence-electron chi connectivity index (χ4n) is 3.77. The molecule has 1 heterocycles.